The second kappa shape index (κ2) is 21.6. The first-order chi connectivity index (χ1) is 31.1. The Balaban J connectivity index is 0.000000213. The van der Waals surface area contributed by atoms with Gasteiger partial charge in [0, 0.05) is 14.1 Å². The molecule has 0 bridgehead atoms. The monoisotopic (exact) mass is 970 g/mol. The molecular weight excluding hydrogens is 924 g/mol. The van der Waals surface area contributed by atoms with Gasteiger partial charge in [0.25, 0.3) is 10.0 Å². The first-order valence-corrected chi connectivity index (χ1v) is 21.7. The molecule has 0 unspecified atom stereocenters. The molecule has 0 spiro atoms. The molecule has 0 amide bonds. The van der Waals surface area contributed by atoms with Gasteiger partial charge in [-0.05, 0) is 67.0 Å². The molecular formula is C42H47N18NaO3S3. The van der Waals surface area contributed by atoms with Crippen molar-refractivity contribution in [3.05, 3.63) is 126 Å². The zero-order valence-electron chi connectivity index (χ0n) is 37.2. The molecule has 0 aliphatic heterocycles. The molecule has 2 atom stereocenters. The van der Waals surface area contributed by atoms with E-state index in [1.807, 2.05) is 19.1 Å². The standard InChI is InChI=1S/C24H23N9O2S.C17H17N9.CH3O.Na.2H2S/c1-15-7-10-17(11-8-15)36(34,35)33-14-25-21-22(26-19-12-9-16-5-3-4-6-18(16)19)28-24(29-23(21)33)27-20-13-32(2)31-30-20;1-26-8-13(24-25-26)21-17-22-15-14(18-9-19-15)16(23-17)20-12-7-6-10-4-2-3-5-11(10)12;1-2;;;/h3-8,10-11,13-14,19H,9,12H2,1-2H3,(H2,26,27,28,29);2-5,8-9,12H,6-7H2,1H3,(H3,18,19,20,21,22,23);1H3;;2*1H2/q;;-1;+1;;/t19-;12-;;;;/m00..../s1. The quantitative estimate of drug-likeness (QED) is 0.123. The van der Waals surface area contributed by atoms with Crippen molar-refractivity contribution in [1.82, 2.24) is 68.8 Å². The summed E-state index contributed by atoms with van der Waals surface area (Å²) in [5, 5.41) is 37.3. The van der Waals surface area contributed by atoms with Gasteiger partial charge in [0.1, 0.15) is 11.8 Å². The van der Waals surface area contributed by atoms with Gasteiger partial charge in [-0.1, -0.05) is 76.7 Å². The minimum atomic E-state index is -3.94. The van der Waals surface area contributed by atoms with E-state index >= 15 is 0 Å². The van der Waals surface area contributed by atoms with Gasteiger partial charge >= 0.3 is 29.6 Å². The molecule has 21 nitrogen and oxygen atoms in total. The maximum atomic E-state index is 13.5. The largest absolute Gasteiger partial charge is 1.00 e. The summed E-state index contributed by atoms with van der Waals surface area (Å²) in [5.41, 5.74) is 8.06. The van der Waals surface area contributed by atoms with Crippen LogP contribution >= 0.6 is 27.0 Å². The average molecular weight is 971 g/mol. The summed E-state index contributed by atoms with van der Waals surface area (Å²) >= 11 is 0. The van der Waals surface area contributed by atoms with Crippen molar-refractivity contribution in [2.75, 3.05) is 28.4 Å². The van der Waals surface area contributed by atoms with Crippen LogP contribution < -0.4 is 55.9 Å². The fourth-order valence-electron chi connectivity index (χ4n) is 7.81. The first kappa shape index (κ1) is 50.3. The number of fused-ring (bicyclic) bond motifs is 4. The Morgan fingerprint density at radius 3 is 1.81 bits per heavy atom. The summed E-state index contributed by atoms with van der Waals surface area (Å²) in [5.74, 6) is 2.78. The molecule has 0 saturated heterocycles. The van der Waals surface area contributed by atoms with Crippen molar-refractivity contribution in [1.29, 1.82) is 0 Å². The summed E-state index contributed by atoms with van der Waals surface area (Å²) in [7, 11) is 0.361. The molecule has 2 aliphatic carbocycles. The van der Waals surface area contributed by atoms with Crippen molar-refractivity contribution in [2.24, 2.45) is 14.1 Å². The number of hydrogen-bond donors (Lipinski definition) is 5. The predicted octanol–water partition coefficient (Wildman–Crippen LogP) is 1.87. The number of aromatic amines is 1. The smallest absolute Gasteiger partial charge is 0.857 e. The van der Waals surface area contributed by atoms with E-state index in [1.165, 1.54) is 28.6 Å². The van der Waals surface area contributed by atoms with Crippen LogP contribution in [-0.2, 0) is 37.0 Å². The molecule has 0 fully saturated rings. The number of rotatable bonds is 10. The van der Waals surface area contributed by atoms with E-state index in [0.717, 1.165) is 53.7 Å². The number of nitrogens with one attached hydrogen (secondary N) is 5. The van der Waals surface area contributed by atoms with Crippen LogP contribution in [0.4, 0.5) is 35.2 Å². The molecule has 0 saturated carbocycles. The van der Waals surface area contributed by atoms with Crippen LogP contribution in [0.3, 0.4) is 0 Å². The Morgan fingerprint density at radius 2 is 1.24 bits per heavy atom. The van der Waals surface area contributed by atoms with Gasteiger partial charge in [-0.2, -0.15) is 54.0 Å². The van der Waals surface area contributed by atoms with Crippen molar-refractivity contribution < 1.29 is 43.1 Å². The fourth-order valence-corrected chi connectivity index (χ4v) is 9.05. The van der Waals surface area contributed by atoms with Crippen molar-refractivity contribution in [3.8, 4) is 0 Å². The number of imidazole rings is 2. The zero-order valence-corrected chi connectivity index (χ0v) is 42.0. The molecule has 0 radical (unpaired) electrons. The summed E-state index contributed by atoms with van der Waals surface area (Å²) in [6, 6.07) is 23.7. The Kier molecular flexibility index (Phi) is 16.2. The number of benzene rings is 3. The van der Waals surface area contributed by atoms with E-state index in [0.29, 0.717) is 34.6 Å². The molecule has 342 valence electrons. The van der Waals surface area contributed by atoms with Crippen LogP contribution in [0, 0.1) is 6.92 Å². The number of hydrogen-bond acceptors (Lipinski definition) is 17. The maximum Gasteiger partial charge on any atom is 1.00 e. The second-order valence-corrected chi connectivity index (χ2v) is 16.9. The van der Waals surface area contributed by atoms with E-state index in [9.17, 15) is 8.42 Å². The third-order valence-electron chi connectivity index (χ3n) is 10.8. The van der Waals surface area contributed by atoms with Crippen molar-refractivity contribution >= 4 is 94.5 Å². The Bertz CT molecular complexity index is 3210. The Hall–Kier alpha value is -6.15. The zero-order chi connectivity index (χ0) is 44.4. The number of H-pyrrole nitrogens is 1. The van der Waals surface area contributed by atoms with E-state index in [-0.39, 0.29) is 85.1 Å². The SMILES string of the molecule is C[O-].Cc1ccc(S(=O)(=O)n2cnc3c(N[C@H]4CCc5ccccc54)nc(Nc4cn(C)nn4)nc32)cc1.Cn1cc(Nc2nc(N[C@H]3CCc4ccccc43)c3[nH]cnc3n2)nn1.S.S.[Na+]. The van der Waals surface area contributed by atoms with Gasteiger partial charge < -0.3 is 31.4 Å². The van der Waals surface area contributed by atoms with Crippen LogP contribution in [0.25, 0.3) is 22.3 Å². The summed E-state index contributed by atoms with van der Waals surface area (Å²) < 4.78 is 31.3. The molecule has 3 aromatic carbocycles. The average Bonchev–Trinajstić information content (AvgIpc) is 4.18. The van der Waals surface area contributed by atoms with Gasteiger partial charge in [0.2, 0.25) is 11.9 Å². The molecule has 9 aromatic rings. The van der Waals surface area contributed by atoms with Gasteiger partial charge in [0.05, 0.1) is 35.7 Å². The first-order valence-electron chi connectivity index (χ1n) is 20.3. The third-order valence-corrected chi connectivity index (χ3v) is 12.5. The van der Waals surface area contributed by atoms with Gasteiger partial charge in [-0.15, -0.1) is 10.2 Å². The van der Waals surface area contributed by atoms with Crippen LogP contribution in [0.5, 0.6) is 0 Å². The van der Waals surface area contributed by atoms with E-state index < -0.39 is 10.0 Å². The van der Waals surface area contributed by atoms with Crippen LogP contribution in [0.15, 0.2) is 103 Å². The van der Waals surface area contributed by atoms with Crippen LogP contribution in [-0.4, -0.2) is 84.4 Å². The van der Waals surface area contributed by atoms with Crippen molar-refractivity contribution in [3.63, 3.8) is 0 Å². The molecule has 2 aliphatic rings. The van der Waals surface area contributed by atoms with Gasteiger partial charge in [0.15, 0.2) is 40.1 Å². The molecule has 6 heterocycles. The fraction of sp³-hybridized carbons (Fsp3) is 0.238. The molecule has 25 heteroatoms. The maximum absolute atomic E-state index is 13.5. The predicted molar refractivity (Wildman–Crippen MR) is 258 cm³/mol. The van der Waals surface area contributed by atoms with Crippen molar-refractivity contribution in [2.45, 2.75) is 49.6 Å². The van der Waals surface area contributed by atoms with E-state index in [2.05, 4.69) is 113 Å². The normalized spacial score (nSPS) is 14.5. The molecule has 11 rings (SSSR count). The summed E-state index contributed by atoms with van der Waals surface area (Å²) in [4.78, 5) is 30.2. The molecule has 6 aromatic heterocycles. The number of nitrogens with zero attached hydrogens (tertiary/aromatic N) is 13. The summed E-state index contributed by atoms with van der Waals surface area (Å²) in [6.45, 7) is 1.90. The Morgan fingerprint density at radius 1 is 0.701 bits per heavy atom. The van der Waals surface area contributed by atoms with Crippen LogP contribution in [0.2, 0.25) is 0 Å². The van der Waals surface area contributed by atoms with Gasteiger partial charge in [-0.25, -0.2) is 22.4 Å². The number of aromatic nitrogens is 14. The Labute approximate surface area is 421 Å². The molecule has 67 heavy (non-hydrogen) atoms. The summed E-state index contributed by atoms with van der Waals surface area (Å²) in [6.07, 6.45) is 10.3. The van der Waals surface area contributed by atoms with Crippen LogP contribution in [0.1, 0.15) is 52.7 Å². The second-order valence-electron chi connectivity index (χ2n) is 15.1. The third kappa shape index (κ3) is 10.7. The number of aryl methyl sites for hydroxylation is 5. The minimum Gasteiger partial charge on any atom is -0.857 e. The molecule has 5 N–H and O–H groups in total. The van der Waals surface area contributed by atoms with E-state index in [4.69, 9.17) is 5.11 Å². The topological polar surface area (TPSA) is 265 Å². The van der Waals surface area contributed by atoms with E-state index in [1.54, 1.807) is 66.4 Å². The number of anilines is 6. The van der Waals surface area contributed by atoms with Gasteiger partial charge in [-0.3, -0.25) is 9.36 Å². The minimum absolute atomic E-state index is 0.